The van der Waals surface area contributed by atoms with Crippen LogP contribution in [0.4, 0.5) is 0 Å². The summed E-state index contributed by atoms with van der Waals surface area (Å²) in [6.07, 6.45) is -0.639. The van der Waals surface area contributed by atoms with Crippen molar-refractivity contribution in [3.63, 3.8) is 0 Å². The standard InChI is InChI=1S/C17H26N2O8/c1-8(7-25-10(3)21)15(26-11(4)22)16-14(19-9(2)20)12(18)6-13(27-16)17(23)24-5/h6,8,12,14-16H,7,18H2,1-5H3,(H,19,20). The Morgan fingerprint density at radius 1 is 1.22 bits per heavy atom. The Hall–Kier alpha value is -2.62. The zero-order chi connectivity index (χ0) is 20.7. The lowest BCUT2D eigenvalue weighted by atomic mass is 9.89. The summed E-state index contributed by atoms with van der Waals surface area (Å²) in [5.41, 5.74) is 6.09. The SMILES string of the molecule is COC(=O)C1=CC(N)C(NC(C)=O)C(C(OC(C)=O)C(C)COC(C)=O)O1. The van der Waals surface area contributed by atoms with Crippen LogP contribution in [0, 0.1) is 5.92 Å². The monoisotopic (exact) mass is 386 g/mol. The van der Waals surface area contributed by atoms with E-state index in [-0.39, 0.29) is 18.3 Å². The van der Waals surface area contributed by atoms with Crippen LogP contribution in [-0.2, 0) is 38.1 Å². The molecule has 27 heavy (non-hydrogen) atoms. The molecule has 0 radical (unpaired) electrons. The summed E-state index contributed by atoms with van der Waals surface area (Å²) in [6.45, 7) is 5.36. The van der Waals surface area contributed by atoms with Gasteiger partial charge >= 0.3 is 17.9 Å². The fourth-order valence-electron chi connectivity index (χ4n) is 2.70. The van der Waals surface area contributed by atoms with E-state index in [2.05, 4.69) is 10.1 Å². The van der Waals surface area contributed by atoms with E-state index in [1.807, 2.05) is 0 Å². The predicted molar refractivity (Wildman–Crippen MR) is 91.9 cm³/mol. The topological polar surface area (TPSA) is 143 Å². The zero-order valence-electron chi connectivity index (χ0n) is 16.0. The van der Waals surface area contributed by atoms with Crippen LogP contribution in [0.3, 0.4) is 0 Å². The Bertz CT molecular complexity index is 618. The Morgan fingerprint density at radius 2 is 1.85 bits per heavy atom. The van der Waals surface area contributed by atoms with Gasteiger partial charge in [0.05, 0.1) is 25.8 Å². The van der Waals surface area contributed by atoms with Crippen LogP contribution in [0.1, 0.15) is 27.7 Å². The molecule has 0 fully saturated rings. The molecule has 5 unspecified atom stereocenters. The van der Waals surface area contributed by atoms with Crippen LogP contribution in [-0.4, -0.2) is 61.8 Å². The molecule has 0 aliphatic carbocycles. The number of rotatable bonds is 7. The second-order valence-electron chi connectivity index (χ2n) is 6.26. The molecule has 10 heteroatoms. The average Bonchev–Trinajstić information content (AvgIpc) is 2.57. The van der Waals surface area contributed by atoms with E-state index in [9.17, 15) is 19.2 Å². The molecule has 3 N–H and O–H groups in total. The summed E-state index contributed by atoms with van der Waals surface area (Å²) in [5.74, 6) is -2.92. The third-order valence-corrected chi connectivity index (χ3v) is 3.87. The van der Waals surface area contributed by atoms with Gasteiger partial charge in [-0.2, -0.15) is 0 Å². The summed E-state index contributed by atoms with van der Waals surface area (Å²) in [4.78, 5) is 46.2. The van der Waals surface area contributed by atoms with Crippen molar-refractivity contribution < 1.29 is 38.1 Å². The second kappa shape index (κ2) is 9.91. The van der Waals surface area contributed by atoms with Gasteiger partial charge in [0, 0.05) is 26.7 Å². The van der Waals surface area contributed by atoms with Crippen molar-refractivity contribution in [2.24, 2.45) is 11.7 Å². The first kappa shape index (κ1) is 22.4. The lowest BCUT2D eigenvalue weighted by Gasteiger charge is -2.40. The number of hydrogen-bond donors (Lipinski definition) is 2. The number of amides is 1. The molecule has 0 aromatic carbocycles. The van der Waals surface area contributed by atoms with Crippen LogP contribution in [0.2, 0.25) is 0 Å². The van der Waals surface area contributed by atoms with Crippen molar-refractivity contribution in [1.29, 1.82) is 0 Å². The summed E-state index contributed by atoms with van der Waals surface area (Å²) in [7, 11) is 1.18. The Morgan fingerprint density at radius 3 is 2.33 bits per heavy atom. The van der Waals surface area contributed by atoms with Gasteiger partial charge in [0.15, 0.2) is 6.10 Å². The summed E-state index contributed by atoms with van der Waals surface area (Å²) < 4.78 is 20.7. The highest BCUT2D eigenvalue weighted by Crippen LogP contribution is 2.26. The van der Waals surface area contributed by atoms with Gasteiger partial charge in [0.25, 0.3) is 0 Å². The van der Waals surface area contributed by atoms with Crippen molar-refractivity contribution in [3.05, 3.63) is 11.8 Å². The molecule has 0 saturated heterocycles. The van der Waals surface area contributed by atoms with E-state index in [0.717, 1.165) is 0 Å². The minimum Gasteiger partial charge on any atom is -0.477 e. The van der Waals surface area contributed by atoms with E-state index >= 15 is 0 Å². The summed E-state index contributed by atoms with van der Waals surface area (Å²) in [5, 5.41) is 2.65. The van der Waals surface area contributed by atoms with Crippen molar-refractivity contribution in [2.45, 2.75) is 52.0 Å². The van der Waals surface area contributed by atoms with Crippen LogP contribution in [0.15, 0.2) is 11.8 Å². The van der Waals surface area contributed by atoms with Gasteiger partial charge in [-0.1, -0.05) is 6.92 Å². The molecule has 0 aromatic heterocycles. The fraction of sp³-hybridized carbons (Fsp3) is 0.647. The highest BCUT2D eigenvalue weighted by Gasteiger charge is 2.44. The molecule has 152 valence electrons. The van der Waals surface area contributed by atoms with Crippen molar-refractivity contribution in [1.82, 2.24) is 5.32 Å². The molecule has 5 atom stereocenters. The number of carbonyl (C=O) groups is 4. The molecular weight excluding hydrogens is 360 g/mol. The largest absolute Gasteiger partial charge is 0.477 e. The van der Waals surface area contributed by atoms with Crippen molar-refractivity contribution in [3.8, 4) is 0 Å². The Kier molecular flexibility index (Phi) is 8.23. The third kappa shape index (κ3) is 6.55. The van der Waals surface area contributed by atoms with Crippen LogP contribution in [0.25, 0.3) is 0 Å². The maximum Gasteiger partial charge on any atom is 0.373 e. The molecule has 1 amide bonds. The van der Waals surface area contributed by atoms with Gasteiger partial charge < -0.3 is 30.0 Å². The highest BCUT2D eigenvalue weighted by molar-refractivity contribution is 5.86. The molecular formula is C17H26N2O8. The molecule has 0 bridgehead atoms. The number of carbonyl (C=O) groups excluding carboxylic acids is 4. The number of hydrogen-bond acceptors (Lipinski definition) is 9. The van der Waals surface area contributed by atoms with Gasteiger partial charge in [-0.3, -0.25) is 14.4 Å². The van der Waals surface area contributed by atoms with Gasteiger partial charge in [-0.15, -0.1) is 0 Å². The van der Waals surface area contributed by atoms with E-state index in [1.165, 1.54) is 34.0 Å². The number of methoxy groups -OCH3 is 1. The lowest BCUT2D eigenvalue weighted by Crippen LogP contribution is -2.61. The molecule has 10 nitrogen and oxygen atoms in total. The second-order valence-corrected chi connectivity index (χ2v) is 6.26. The van der Waals surface area contributed by atoms with Crippen molar-refractivity contribution in [2.75, 3.05) is 13.7 Å². The van der Waals surface area contributed by atoms with Crippen LogP contribution >= 0.6 is 0 Å². The smallest absolute Gasteiger partial charge is 0.373 e. The van der Waals surface area contributed by atoms with Gasteiger partial charge in [0.2, 0.25) is 11.7 Å². The minimum absolute atomic E-state index is 0.0631. The number of nitrogens with two attached hydrogens (primary N) is 1. The molecule has 0 saturated carbocycles. The molecule has 0 spiro atoms. The Balaban J connectivity index is 3.22. The molecule has 0 aromatic rings. The lowest BCUT2D eigenvalue weighted by molar-refractivity contribution is -0.166. The number of ether oxygens (including phenoxy) is 4. The maximum atomic E-state index is 11.9. The van der Waals surface area contributed by atoms with Gasteiger partial charge in [-0.25, -0.2) is 4.79 Å². The van der Waals surface area contributed by atoms with Gasteiger partial charge in [0.1, 0.15) is 6.10 Å². The zero-order valence-corrected chi connectivity index (χ0v) is 16.0. The predicted octanol–water partition coefficient (Wildman–Crippen LogP) is -0.595. The Labute approximate surface area is 157 Å². The van der Waals surface area contributed by atoms with E-state index in [4.69, 9.17) is 19.9 Å². The van der Waals surface area contributed by atoms with Crippen molar-refractivity contribution >= 4 is 23.8 Å². The number of nitrogens with one attached hydrogen (secondary N) is 1. The third-order valence-electron chi connectivity index (χ3n) is 3.87. The molecule has 1 heterocycles. The first-order chi connectivity index (χ1) is 12.6. The molecule has 1 rings (SSSR count). The normalized spacial score (nSPS) is 23.8. The van der Waals surface area contributed by atoms with Gasteiger partial charge in [-0.05, 0) is 6.08 Å². The molecule has 1 aliphatic heterocycles. The first-order valence-electron chi connectivity index (χ1n) is 8.36. The quantitative estimate of drug-likeness (QED) is 0.433. The fourth-order valence-corrected chi connectivity index (χ4v) is 2.70. The highest BCUT2D eigenvalue weighted by atomic mass is 16.6. The first-order valence-corrected chi connectivity index (χ1v) is 8.36. The van der Waals surface area contributed by atoms with Crippen LogP contribution < -0.4 is 11.1 Å². The summed E-state index contributed by atoms with van der Waals surface area (Å²) >= 11 is 0. The minimum atomic E-state index is -1.00. The van der Waals surface area contributed by atoms with E-state index in [0.29, 0.717) is 0 Å². The molecule has 1 aliphatic rings. The maximum absolute atomic E-state index is 11.9. The summed E-state index contributed by atoms with van der Waals surface area (Å²) in [6, 6.07) is -1.60. The number of esters is 3. The van der Waals surface area contributed by atoms with E-state index < -0.39 is 48.1 Å². The van der Waals surface area contributed by atoms with E-state index in [1.54, 1.807) is 6.92 Å². The van der Waals surface area contributed by atoms with Crippen LogP contribution in [0.5, 0.6) is 0 Å². The average molecular weight is 386 g/mol.